The Hall–Kier alpha value is -2.66. The zero-order chi connectivity index (χ0) is 92.7. The number of carbonyl (C=O) groups is 1. The number of aromatic nitrogens is 10. The number of hydrogen-bond acceptors (Lipinski definition) is 17. The molecule has 0 radical (unpaired) electrons. The maximum Gasteiger partial charge on any atom is 0.192 e. The van der Waals surface area contributed by atoms with Crippen LogP contribution in [-0.2, 0) is 62.1 Å². The van der Waals surface area contributed by atoms with Gasteiger partial charge in [-0.2, -0.15) is 0 Å². The lowest BCUT2D eigenvalue weighted by atomic mass is 10.1. The maximum absolute atomic E-state index is 14.2. The molecule has 0 aliphatic carbocycles. The second kappa shape index (κ2) is 54.4. The molecule has 131 heavy (non-hydrogen) atoms. The predicted molar refractivity (Wildman–Crippen MR) is 598 cm³/mol. The van der Waals surface area contributed by atoms with Crippen LogP contribution in [0.4, 0.5) is 17.6 Å². The van der Waals surface area contributed by atoms with Crippen molar-refractivity contribution in [3.8, 4) is 45.6 Å². The van der Waals surface area contributed by atoms with Gasteiger partial charge in [-0.15, -0.1) is 45.3 Å². The Labute approximate surface area is 876 Å². The van der Waals surface area contributed by atoms with Crippen molar-refractivity contribution in [3.05, 3.63) is 178 Å². The first-order chi connectivity index (χ1) is 59.3. The molecule has 0 aliphatic rings. The first-order valence-electron chi connectivity index (χ1n) is 40.2. The van der Waals surface area contributed by atoms with Crippen molar-refractivity contribution >= 4 is 297 Å². The summed E-state index contributed by atoms with van der Waals surface area (Å²) >= 11 is 39.7. The summed E-state index contributed by atoms with van der Waals surface area (Å²) in [5, 5.41) is 22.0. The number of hydrogen-bond donors (Lipinski definition) is 1. The topological polar surface area (TPSA) is 182 Å². The van der Waals surface area contributed by atoms with Gasteiger partial charge >= 0.3 is 0 Å². The van der Waals surface area contributed by atoms with Gasteiger partial charge in [0.05, 0.1) is 36.4 Å². The molecule has 9 heterocycles. The van der Waals surface area contributed by atoms with Crippen LogP contribution in [0.25, 0.3) is 91.7 Å². The standard InChI is InChI=1S/C21H26BrFN2O2SSi.C19H23Br2FN2O2SSi.C19H21Br2FN2O2SSi.C17H19Br2FN2OSSi.C9H15Br3N2OSi.5CH4/c1-6-27-14(2)18-20(22)24-21(25(18)13-26-10-11-29(3,4)5)16-12-28-19-15(16)8-7-9-17(19)23;2*1-28(2,3)8-7-26-11-24-16(15(25)9-20)18(21)23-19(24)13-10-27-17-12(13)5-4-6-14(17)22;1-25(2,3)8-7-23-10-22-16(19)15(18)21-17(22)12-9-24-14-11(12)5-4-6-13(14)20;1-16(2,3)5-4-15-6-14-8(11)7(10)13-9(14)12;;;;;/h7-9,12H,2,6,10-11,13H2,1,3-5H3;4-6,10,15,25H,7-9,11H2,1-3H3;4-6,10H,7-9,11H2,1-3H3;4-6,9H,7-8,10H2,1-3H3;4-6H2,1-3H3;5*1H4. The van der Waals surface area contributed by atoms with Gasteiger partial charge in [0.15, 0.2) is 10.5 Å². The van der Waals surface area contributed by atoms with E-state index in [0.717, 1.165) is 111 Å². The van der Waals surface area contributed by atoms with Crippen molar-refractivity contribution < 1.29 is 55.9 Å². The molecule has 0 amide bonds. The summed E-state index contributed by atoms with van der Waals surface area (Å²) in [4.78, 5) is 35.3. The third kappa shape index (κ3) is 33.5. The predicted octanol–water partition coefficient (Wildman–Crippen LogP) is 34.4. The van der Waals surface area contributed by atoms with E-state index in [2.05, 4.69) is 284 Å². The van der Waals surface area contributed by atoms with Crippen molar-refractivity contribution in [1.82, 2.24) is 47.8 Å². The summed E-state index contributed by atoms with van der Waals surface area (Å²) in [5.74, 6) is 2.25. The average molecular weight is 2620 g/mol. The van der Waals surface area contributed by atoms with E-state index >= 15 is 0 Å². The van der Waals surface area contributed by atoms with Gasteiger partial charge in [0.25, 0.3) is 0 Å². The van der Waals surface area contributed by atoms with Crippen LogP contribution in [0.15, 0.2) is 138 Å². The number of ketones is 1. The number of ether oxygens (including phenoxy) is 6. The minimum atomic E-state index is -1.22. The summed E-state index contributed by atoms with van der Waals surface area (Å²) in [7, 11) is -5.73. The smallest absolute Gasteiger partial charge is 0.192 e. The van der Waals surface area contributed by atoms with Crippen molar-refractivity contribution in [2.24, 2.45) is 0 Å². The van der Waals surface area contributed by atoms with E-state index in [0.29, 0.717) is 124 Å². The fourth-order valence-electron chi connectivity index (χ4n) is 12.2. The van der Waals surface area contributed by atoms with Gasteiger partial charge in [-0.25, -0.2) is 42.5 Å². The van der Waals surface area contributed by atoms with E-state index in [4.69, 9.17) is 33.4 Å². The molecule has 41 heteroatoms. The zero-order valence-electron chi connectivity index (χ0n) is 73.0. The molecule has 4 aromatic carbocycles. The van der Waals surface area contributed by atoms with Crippen molar-refractivity contribution in [2.45, 2.75) is 212 Å². The lowest BCUT2D eigenvalue weighted by molar-refractivity contribution is 0.0795. The molecule has 0 bridgehead atoms. The molecular formula is C90H124Br10F4N10O8S4Si5. The molecular weight excluding hydrogens is 2490 g/mol. The summed E-state index contributed by atoms with van der Waals surface area (Å²) in [5.41, 5.74) is 5.26. The molecule has 724 valence electrons. The number of nitrogens with zero attached hydrogens (tertiary/aromatic N) is 10. The molecule has 1 unspecified atom stereocenters. The first kappa shape index (κ1) is 121. The second-order valence-electron chi connectivity index (χ2n) is 35.3. The average Bonchev–Trinajstić information content (AvgIpc) is 1.62. The Morgan fingerprint density at radius 3 is 0.992 bits per heavy atom. The lowest BCUT2D eigenvalue weighted by Gasteiger charge is -2.18. The molecule has 9 aromatic heterocycles. The van der Waals surface area contributed by atoms with Crippen molar-refractivity contribution in [1.29, 1.82) is 0 Å². The lowest BCUT2D eigenvalue weighted by Crippen LogP contribution is -2.22. The second-order valence-corrected chi connectivity index (χ2v) is 74.1. The van der Waals surface area contributed by atoms with Crippen LogP contribution in [0, 0.1) is 23.3 Å². The van der Waals surface area contributed by atoms with E-state index in [9.17, 15) is 27.5 Å². The van der Waals surface area contributed by atoms with Crippen LogP contribution in [0.5, 0.6) is 0 Å². The normalized spacial score (nSPS) is 11.9. The van der Waals surface area contributed by atoms with E-state index in [1.165, 1.54) is 75.7 Å². The molecule has 13 rings (SSSR count). The highest BCUT2D eigenvalue weighted by Crippen LogP contribution is 2.44. The van der Waals surface area contributed by atoms with Gasteiger partial charge < -0.3 is 38.1 Å². The van der Waals surface area contributed by atoms with Crippen LogP contribution in [-0.4, -0.2) is 149 Å². The van der Waals surface area contributed by atoms with Gasteiger partial charge in [0.2, 0.25) is 0 Å². The van der Waals surface area contributed by atoms with Crippen LogP contribution in [0.2, 0.25) is 128 Å². The highest BCUT2D eigenvalue weighted by molar-refractivity contribution is 9.13. The van der Waals surface area contributed by atoms with Crippen LogP contribution < -0.4 is 0 Å². The Kier molecular flexibility index (Phi) is 50.1. The number of Topliss-reactive ketones (excluding diaryl/α,β-unsaturated/α-hetero) is 1. The summed E-state index contributed by atoms with van der Waals surface area (Å²) in [6.07, 6.45) is -0.738. The number of carbonyl (C=O) groups excluding carboxylic acids is 1. The highest BCUT2D eigenvalue weighted by Gasteiger charge is 2.30. The summed E-state index contributed by atoms with van der Waals surface area (Å²) < 4.78 is 109. The highest BCUT2D eigenvalue weighted by atomic mass is 79.9. The Bertz CT molecular complexity index is 5870. The van der Waals surface area contributed by atoms with Crippen LogP contribution >= 0.6 is 205 Å². The molecule has 0 fully saturated rings. The molecule has 18 nitrogen and oxygen atoms in total. The molecule has 1 atom stereocenters. The van der Waals surface area contributed by atoms with Gasteiger partial charge in [0, 0.05) is 144 Å². The maximum atomic E-state index is 14.2. The first-order valence-corrected chi connectivity index (χ1v) is 70.9. The summed E-state index contributed by atoms with van der Waals surface area (Å²) in [6.45, 7) is 46.5. The minimum Gasteiger partial charge on any atom is -0.492 e. The molecule has 0 saturated heterocycles. The Morgan fingerprint density at radius 1 is 0.405 bits per heavy atom. The zero-order valence-corrected chi connectivity index (χ0v) is 97.1. The third-order valence-electron chi connectivity index (χ3n) is 19.2. The number of imidazole rings is 5. The van der Waals surface area contributed by atoms with E-state index < -0.39 is 46.5 Å². The third-order valence-corrected chi connectivity index (χ3v) is 38.9. The molecule has 0 spiro atoms. The fourth-order valence-corrected chi connectivity index (χ4v) is 24.6. The largest absolute Gasteiger partial charge is 0.492 e. The Morgan fingerprint density at radius 2 is 0.679 bits per heavy atom. The number of benzene rings is 4. The number of aliphatic hydroxyl groups is 1. The quantitative estimate of drug-likeness (QED) is 0.00979. The van der Waals surface area contributed by atoms with Crippen LogP contribution in [0.1, 0.15) is 72.0 Å². The molecule has 1 N–H and O–H groups in total. The van der Waals surface area contributed by atoms with Gasteiger partial charge in [-0.1, -0.05) is 222 Å². The van der Waals surface area contributed by atoms with Gasteiger partial charge in [-0.3, -0.25) is 23.1 Å². The van der Waals surface area contributed by atoms with Gasteiger partial charge in [0.1, 0.15) is 136 Å². The van der Waals surface area contributed by atoms with Crippen molar-refractivity contribution in [2.75, 3.05) is 50.3 Å². The number of rotatable bonds is 36. The molecule has 0 aliphatic heterocycles. The molecule has 13 aromatic rings. The number of fused-ring (bicyclic) bond motifs is 4. The van der Waals surface area contributed by atoms with E-state index in [1.807, 2.05) is 71.0 Å². The summed E-state index contributed by atoms with van der Waals surface area (Å²) in [6, 6.07) is 25.8. The number of alkyl halides is 2. The number of halogens is 14. The monoisotopic (exact) mass is 2610 g/mol. The van der Waals surface area contributed by atoms with Gasteiger partial charge in [-0.05, 0) is 189 Å². The SMILES string of the molecule is C.C.C.C.C.C=C(OCC)c1c(Br)nc(-c2csc3c(F)cccc23)n1COCC[Si](C)(C)C.C[Si](C)(C)CCOCn1c(-c2csc3c(F)cccc23)nc(Br)c1Br.C[Si](C)(C)CCOCn1c(-c2csc3c(F)cccc23)nc(Br)c1C(=O)CBr.C[Si](C)(C)CCOCn1c(-c2csc3c(F)cccc23)nc(Br)c1C(O)CBr.C[Si](C)(C)CCOCn1c(Br)nc(Br)c1Br. The van der Waals surface area contributed by atoms with E-state index in [1.54, 1.807) is 28.8 Å². The molecule has 0 saturated carbocycles. The number of thiophene rings is 4. The van der Waals surface area contributed by atoms with Crippen molar-refractivity contribution in [3.63, 3.8) is 0 Å². The Balaban J connectivity index is 0.000000343. The van der Waals surface area contributed by atoms with E-state index in [-0.39, 0.29) is 85.0 Å². The number of aliphatic hydroxyl groups excluding tert-OH is 1. The van der Waals surface area contributed by atoms with Crippen LogP contribution in [0.3, 0.4) is 0 Å². The minimum absolute atomic E-state index is 0. The fraction of sp³-hybridized carbons (Fsp3) is 0.444.